The highest BCUT2D eigenvalue weighted by atomic mass is 32.1. The van der Waals surface area contributed by atoms with Crippen molar-refractivity contribution in [1.29, 1.82) is 0 Å². The molecule has 0 saturated heterocycles. The molecule has 0 radical (unpaired) electrons. The molecule has 0 saturated carbocycles. The van der Waals surface area contributed by atoms with Crippen molar-refractivity contribution in [1.82, 2.24) is 4.57 Å². The Kier molecular flexibility index (Phi) is 5.86. The summed E-state index contributed by atoms with van der Waals surface area (Å²) < 4.78 is 13.5. The number of aryl methyl sites for hydroxylation is 2. The molecule has 2 aromatic carbocycles. The number of amides is 1. The fourth-order valence-electron chi connectivity index (χ4n) is 3.08. The van der Waals surface area contributed by atoms with Crippen LogP contribution in [-0.4, -0.2) is 24.7 Å². The maximum absolute atomic E-state index is 12.6. The molecular weight excluding hydrogens is 372 g/mol. The molecule has 6 heteroatoms. The van der Waals surface area contributed by atoms with Crippen LogP contribution in [0.5, 0.6) is 11.5 Å². The lowest BCUT2D eigenvalue weighted by Gasteiger charge is -2.08. The lowest BCUT2D eigenvalue weighted by molar-refractivity contribution is -0.117. The third-order valence-corrected chi connectivity index (χ3v) is 5.54. The van der Waals surface area contributed by atoms with Crippen LogP contribution in [0.3, 0.4) is 0 Å². The summed E-state index contributed by atoms with van der Waals surface area (Å²) in [6.07, 6.45) is 5.80. The van der Waals surface area contributed by atoms with Gasteiger partial charge in [-0.3, -0.25) is 4.79 Å². The molecule has 3 aromatic rings. The lowest BCUT2D eigenvalue weighted by Crippen LogP contribution is -2.17. The molecule has 1 amide bonds. The Labute approximate surface area is 168 Å². The van der Waals surface area contributed by atoms with Crippen LogP contribution in [0.25, 0.3) is 10.2 Å². The van der Waals surface area contributed by atoms with Crippen molar-refractivity contribution < 1.29 is 14.3 Å². The number of rotatable bonds is 5. The second-order valence-corrected chi connectivity index (χ2v) is 7.47. The van der Waals surface area contributed by atoms with Gasteiger partial charge in [0, 0.05) is 12.1 Å². The summed E-state index contributed by atoms with van der Waals surface area (Å²) in [5.74, 6) is 3.65. The number of carbonyl (C=O) groups excluding carboxylic acids is 1. The predicted octanol–water partition coefficient (Wildman–Crippen LogP) is 3.64. The molecule has 0 spiro atoms. The van der Waals surface area contributed by atoms with Crippen LogP contribution in [-0.2, 0) is 17.8 Å². The molecule has 144 valence electrons. The zero-order valence-corrected chi connectivity index (χ0v) is 17.2. The van der Waals surface area contributed by atoms with Gasteiger partial charge >= 0.3 is 0 Å². The topological polar surface area (TPSA) is 52.8 Å². The van der Waals surface area contributed by atoms with Gasteiger partial charge in [-0.25, -0.2) is 0 Å². The molecule has 5 nitrogen and oxygen atoms in total. The van der Waals surface area contributed by atoms with Gasteiger partial charge in [-0.15, -0.1) is 6.42 Å². The van der Waals surface area contributed by atoms with Gasteiger partial charge < -0.3 is 14.0 Å². The fourth-order valence-corrected chi connectivity index (χ4v) is 4.14. The first kappa shape index (κ1) is 19.7. The van der Waals surface area contributed by atoms with Gasteiger partial charge in [-0.1, -0.05) is 41.0 Å². The number of fused-ring (bicyclic) bond motifs is 1. The van der Waals surface area contributed by atoms with Gasteiger partial charge in [0.2, 0.25) is 0 Å². The van der Waals surface area contributed by atoms with E-state index >= 15 is 0 Å². The SMILES string of the molecule is C#CCn1c(=NC(=O)Cc2ccc(C)cc2C)sc2cc(OC)c(OC)cc21. The Morgan fingerprint density at radius 2 is 1.89 bits per heavy atom. The van der Waals surface area contributed by atoms with E-state index in [1.807, 2.05) is 42.7 Å². The third-order valence-electron chi connectivity index (χ3n) is 4.50. The Bertz CT molecular complexity index is 1150. The first-order valence-electron chi connectivity index (χ1n) is 8.79. The van der Waals surface area contributed by atoms with Crippen LogP contribution >= 0.6 is 11.3 Å². The summed E-state index contributed by atoms with van der Waals surface area (Å²) in [5.41, 5.74) is 4.10. The lowest BCUT2D eigenvalue weighted by atomic mass is 10.0. The highest BCUT2D eigenvalue weighted by Crippen LogP contribution is 2.33. The van der Waals surface area contributed by atoms with Crippen molar-refractivity contribution in [3.63, 3.8) is 0 Å². The van der Waals surface area contributed by atoms with Crippen LogP contribution < -0.4 is 14.3 Å². The van der Waals surface area contributed by atoms with Crippen molar-refractivity contribution in [3.05, 3.63) is 51.8 Å². The first-order valence-corrected chi connectivity index (χ1v) is 9.61. The van der Waals surface area contributed by atoms with Crippen molar-refractivity contribution in [2.45, 2.75) is 26.8 Å². The van der Waals surface area contributed by atoms with Crippen molar-refractivity contribution >= 4 is 27.5 Å². The van der Waals surface area contributed by atoms with E-state index in [0.717, 1.165) is 21.3 Å². The molecule has 0 unspecified atom stereocenters. The van der Waals surface area contributed by atoms with Crippen molar-refractivity contribution in [2.24, 2.45) is 4.99 Å². The summed E-state index contributed by atoms with van der Waals surface area (Å²) in [4.78, 5) is 17.5. The first-order chi connectivity index (χ1) is 13.5. The quantitative estimate of drug-likeness (QED) is 0.621. The third kappa shape index (κ3) is 3.95. The number of methoxy groups -OCH3 is 2. The number of benzene rings is 2. The molecule has 1 heterocycles. The average Bonchev–Trinajstić information content (AvgIpc) is 2.99. The van der Waals surface area contributed by atoms with E-state index in [1.165, 1.54) is 16.9 Å². The number of carbonyl (C=O) groups is 1. The van der Waals surface area contributed by atoms with Gasteiger partial charge in [0.05, 0.1) is 37.4 Å². The van der Waals surface area contributed by atoms with E-state index in [1.54, 1.807) is 14.2 Å². The molecule has 0 aliphatic carbocycles. The second kappa shape index (κ2) is 8.32. The number of hydrogen-bond donors (Lipinski definition) is 0. The van der Waals surface area contributed by atoms with E-state index in [0.29, 0.717) is 22.8 Å². The highest BCUT2D eigenvalue weighted by Gasteiger charge is 2.13. The molecule has 28 heavy (non-hydrogen) atoms. The smallest absolute Gasteiger partial charge is 0.252 e. The summed E-state index contributed by atoms with van der Waals surface area (Å²) in [5, 5.41) is 0. The zero-order valence-electron chi connectivity index (χ0n) is 16.4. The van der Waals surface area contributed by atoms with Gasteiger partial charge in [-0.2, -0.15) is 4.99 Å². The Morgan fingerprint density at radius 3 is 2.54 bits per heavy atom. The minimum atomic E-state index is -0.205. The van der Waals surface area contributed by atoms with Crippen molar-refractivity contribution in [2.75, 3.05) is 14.2 Å². The predicted molar refractivity (Wildman–Crippen MR) is 112 cm³/mol. The summed E-state index contributed by atoms with van der Waals surface area (Å²) in [6, 6.07) is 9.79. The van der Waals surface area contributed by atoms with E-state index in [4.69, 9.17) is 15.9 Å². The van der Waals surface area contributed by atoms with Gasteiger partial charge in [-0.05, 0) is 25.0 Å². The van der Waals surface area contributed by atoms with Gasteiger partial charge in [0.1, 0.15) is 0 Å². The number of thiazole rings is 1. The van der Waals surface area contributed by atoms with E-state index in [-0.39, 0.29) is 12.3 Å². The molecule has 1 aromatic heterocycles. The largest absolute Gasteiger partial charge is 0.493 e. The number of nitrogens with zero attached hydrogens (tertiary/aromatic N) is 2. The summed E-state index contributed by atoms with van der Waals surface area (Å²) >= 11 is 1.40. The van der Waals surface area contributed by atoms with Crippen LogP contribution in [0, 0.1) is 26.2 Å². The Balaban J connectivity index is 2.06. The molecule has 3 rings (SSSR count). The van der Waals surface area contributed by atoms with Gasteiger partial charge in [0.15, 0.2) is 16.3 Å². The molecule has 0 fully saturated rings. The number of aromatic nitrogens is 1. The minimum absolute atomic E-state index is 0.205. The van der Waals surface area contributed by atoms with Crippen molar-refractivity contribution in [3.8, 4) is 23.8 Å². The second-order valence-electron chi connectivity index (χ2n) is 6.46. The molecule has 0 atom stereocenters. The number of hydrogen-bond acceptors (Lipinski definition) is 4. The number of ether oxygens (including phenoxy) is 2. The maximum atomic E-state index is 12.6. The van der Waals surface area contributed by atoms with E-state index < -0.39 is 0 Å². The molecule has 0 aliphatic rings. The molecule has 0 bridgehead atoms. The van der Waals surface area contributed by atoms with E-state index in [9.17, 15) is 4.79 Å². The Morgan fingerprint density at radius 1 is 1.18 bits per heavy atom. The summed E-state index contributed by atoms with van der Waals surface area (Å²) in [6.45, 7) is 4.35. The van der Waals surface area contributed by atoms with Crippen LogP contribution in [0.2, 0.25) is 0 Å². The van der Waals surface area contributed by atoms with Crippen LogP contribution in [0.15, 0.2) is 35.3 Å². The highest BCUT2D eigenvalue weighted by molar-refractivity contribution is 7.16. The minimum Gasteiger partial charge on any atom is -0.493 e. The molecular formula is C22H22N2O3S. The van der Waals surface area contributed by atoms with Crippen LogP contribution in [0.1, 0.15) is 16.7 Å². The molecule has 0 N–H and O–H groups in total. The maximum Gasteiger partial charge on any atom is 0.252 e. The van der Waals surface area contributed by atoms with Gasteiger partial charge in [0.25, 0.3) is 5.91 Å². The number of terminal acetylenes is 1. The normalized spacial score (nSPS) is 11.5. The Hall–Kier alpha value is -3.04. The standard InChI is InChI=1S/C22H22N2O3S/c1-6-9-24-17-12-18(26-4)19(27-5)13-20(17)28-22(24)23-21(25)11-16-8-7-14(2)10-15(16)3/h1,7-8,10,12-13H,9,11H2,2-5H3. The van der Waals surface area contributed by atoms with E-state index in [2.05, 4.69) is 17.0 Å². The summed E-state index contributed by atoms with van der Waals surface area (Å²) in [7, 11) is 3.17. The fraction of sp³-hybridized carbons (Fsp3) is 0.273. The van der Waals surface area contributed by atoms with Crippen LogP contribution in [0.4, 0.5) is 0 Å². The monoisotopic (exact) mass is 394 g/mol. The average molecular weight is 394 g/mol. The zero-order chi connectivity index (χ0) is 20.3. The molecule has 0 aliphatic heterocycles.